The second-order valence-electron chi connectivity index (χ2n) is 6.32. The standard InChI is InChI=1S/C17H24N2O3/c1-18-13-17(22-16(18)20)8-5-9-19(14-17)10-11-21-12-15-6-3-2-4-7-15/h2-4,6-7H,5,8-14H2,1H3/t17-/m1/s1. The number of likely N-dealkylation sites (tertiary alicyclic amines) is 1. The summed E-state index contributed by atoms with van der Waals surface area (Å²) in [6.07, 6.45) is 1.84. The van der Waals surface area contributed by atoms with E-state index in [1.165, 1.54) is 5.56 Å². The van der Waals surface area contributed by atoms with Crippen LogP contribution in [0.3, 0.4) is 0 Å². The van der Waals surface area contributed by atoms with Crippen molar-refractivity contribution in [3.05, 3.63) is 35.9 Å². The number of amides is 1. The summed E-state index contributed by atoms with van der Waals surface area (Å²) in [7, 11) is 1.80. The van der Waals surface area contributed by atoms with Gasteiger partial charge >= 0.3 is 6.09 Å². The van der Waals surface area contributed by atoms with Crippen LogP contribution in [-0.2, 0) is 16.1 Å². The topological polar surface area (TPSA) is 42.0 Å². The van der Waals surface area contributed by atoms with Crippen LogP contribution >= 0.6 is 0 Å². The van der Waals surface area contributed by atoms with Crippen molar-refractivity contribution in [2.24, 2.45) is 0 Å². The van der Waals surface area contributed by atoms with Crippen LogP contribution < -0.4 is 0 Å². The second kappa shape index (κ2) is 6.67. The average Bonchev–Trinajstić information content (AvgIpc) is 2.78. The first-order valence-corrected chi connectivity index (χ1v) is 7.95. The van der Waals surface area contributed by atoms with E-state index in [9.17, 15) is 4.79 Å². The number of likely N-dealkylation sites (N-methyl/N-ethyl adjacent to an activating group) is 1. The maximum absolute atomic E-state index is 11.6. The first-order valence-electron chi connectivity index (χ1n) is 7.95. The SMILES string of the molecule is CN1C[C@@]2(CCCN(CCOCc3ccccc3)C2)OC1=O. The largest absolute Gasteiger partial charge is 0.440 e. The molecule has 0 radical (unpaired) electrons. The van der Waals surface area contributed by atoms with E-state index in [2.05, 4.69) is 17.0 Å². The molecule has 0 unspecified atom stereocenters. The van der Waals surface area contributed by atoms with Crippen LogP contribution in [0.25, 0.3) is 0 Å². The zero-order valence-corrected chi connectivity index (χ0v) is 13.2. The van der Waals surface area contributed by atoms with E-state index in [-0.39, 0.29) is 11.7 Å². The fraction of sp³-hybridized carbons (Fsp3) is 0.588. The van der Waals surface area contributed by atoms with Crippen molar-refractivity contribution >= 4 is 6.09 Å². The maximum atomic E-state index is 11.6. The number of hydrogen-bond donors (Lipinski definition) is 0. The molecule has 120 valence electrons. The average molecular weight is 304 g/mol. The van der Waals surface area contributed by atoms with Gasteiger partial charge in [0.2, 0.25) is 0 Å². The maximum Gasteiger partial charge on any atom is 0.410 e. The van der Waals surface area contributed by atoms with Crippen molar-refractivity contribution in [1.82, 2.24) is 9.80 Å². The fourth-order valence-corrected chi connectivity index (χ4v) is 3.34. The molecule has 2 fully saturated rings. The van der Waals surface area contributed by atoms with Crippen LogP contribution in [0.5, 0.6) is 0 Å². The highest BCUT2D eigenvalue weighted by atomic mass is 16.6. The van der Waals surface area contributed by atoms with Gasteiger partial charge in [0.15, 0.2) is 0 Å². The number of nitrogens with zero attached hydrogens (tertiary/aromatic N) is 2. The lowest BCUT2D eigenvalue weighted by molar-refractivity contribution is -0.0181. The Kier molecular flexibility index (Phi) is 4.64. The third kappa shape index (κ3) is 3.59. The van der Waals surface area contributed by atoms with Crippen LogP contribution in [0.15, 0.2) is 30.3 Å². The number of piperidine rings is 1. The lowest BCUT2D eigenvalue weighted by Crippen LogP contribution is -2.51. The zero-order valence-electron chi connectivity index (χ0n) is 13.2. The van der Waals surface area contributed by atoms with Crippen LogP contribution in [-0.4, -0.2) is 61.3 Å². The van der Waals surface area contributed by atoms with Gasteiger partial charge in [0.25, 0.3) is 0 Å². The smallest absolute Gasteiger partial charge is 0.410 e. The summed E-state index contributed by atoms with van der Waals surface area (Å²) < 4.78 is 11.4. The van der Waals surface area contributed by atoms with Gasteiger partial charge in [0, 0.05) is 20.1 Å². The molecule has 5 heteroatoms. The summed E-state index contributed by atoms with van der Waals surface area (Å²) in [5.41, 5.74) is 0.896. The van der Waals surface area contributed by atoms with E-state index >= 15 is 0 Å². The summed E-state index contributed by atoms with van der Waals surface area (Å²) in [5, 5.41) is 0. The van der Waals surface area contributed by atoms with Gasteiger partial charge in [0.1, 0.15) is 5.60 Å². The van der Waals surface area contributed by atoms with Crippen LogP contribution in [0.2, 0.25) is 0 Å². The third-order valence-corrected chi connectivity index (χ3v) is 4.42. The number of benzene rings is 1. The minimum Gasteiger partial charge on any atom is -0.440 e. The van der Waals surface area contributed by atoms with E-state index in [0.717, 1.165) is 32.5 Å². The first-order chi connectivity index (χ1) is 10.7. The molecule has 22 heavy (non-hydrogen) atoms. The lowest BCUT2D eigenvalue weighted by atomic mass is 9.93. The quantitative estimate of drug-likeness (QED) is 0.782. The zero-order chi connectivity index (χ0) is 15.4. The van der Waals surface area contributed by atoms with Crippen molar-refractivity contribution in [3.8, 4) is 0 Å². The normalized spacial score (nSPS) is 25.7. The Balaban J connectivity index is 1.42. The van der Waals surface area contributed by atoms with Crippen molar-refractivity contribution in [2.45, 2.75) is 25.0 Å². The number of carbonyl (C=O) groups excluding carboxylic acids is 1. The highest BCUT2D eigenvalue weighted by Gasteiger charge is 2.46. The molecule has 1 amide bonds. The summed E-state index contributed by atoms with van der Waals surface area (Å²) in [4.78, 5) is 15.7. The molecule has 0 bridgehead atoms. The fourth-order valence-electron chi connectivity index (χ4n) is 3.34. The number of rotatable bonds is 5. The van der Waals surface area contributed by atoms with Gasteiger partial charge in [0.05, 0.1) is 19.8 Å². The lowest BCUT2D eigenvalue weighted by Gasteiger charge is -2.38. The van der Waals surface area contributed by atoms with E-state index in [1.807, 2.05) is 18.2 Å². The monoisotopic (exact) mass is 304 g/mol. The molecule has 3 rings (SSSR count). The van der Waals surface area contributed by atoms with E-state index in [1.54, 1.807) is 11.9 Å². The molecule has 2 aliphatic heterocycles. The van der Waals surface area contributed by atoms with Gasteiger partial charge < -0.3 is 14.4 Å². The number of hydrogen-bond acceptors (Lipinski definition) is 4. The molecule has 2 heterocycles. The van der Waals surface area contributed by atoms with E-state index < -0.39 is 0 Å². The molecule has 0 aliphatic carbocycles. The molecule has 5 nitrogen and oxygen atoms in total. The van der Waals surface area contributed by atoms with Crippen molar-refractivity contribution in [1.29, 1.82) is 0 Å². The Bertz CT molecular complexity index is 508. The Morgan fingerprint density at radius 2 is 2.09 bits per heavy atom. The molecular weight excluding hydrogens is 280 g/mol. The summed E-state index contributed by atoms with van der Waals surface area (Å²) >= 11 is 0. The van der Waals surface area contributed by atoms with Gasteiger partial charge in [-0.1, -0.05) is 30.3 Å². The van der Waals surface area contributed by atoms with Gasteiger partial charge in [-0.15, -0.1) is 0 Å². The van der Waals surface area contributed by atoms with Crippen LogP contribution in [0.1, 0.15) is 18.4 Å². The van der Waals surface area contributed by atoms with Gasteiger partial charge in [-0.25, -0.2) is 4.79 Å². The van der Waals surface area contributed by atoms with E-state index in [0.29, 0.717) is 19.8 Å². The molecule has 2 saturated heterocycles. The molecule has 1 aromatic rings. The predicted octanol–water partition coefficient (Wildman–Crippen LogP) is 2.12. The van der Waals surface area contributed by atoms with Crippen molar-refractivity contribution in [2.75, 3.05) is 39.8 Å². The molecule has 1 atom stereocenters. The molecular formula is C17H24N2O3. The predicted molar refractivity (Wildman–Crippen MR) is 83.6 cm³/mol. The molecule has 2 aliphatic rings. The molecule has 1 aromatic carbocycles. The van der Waals surface area contributed by atoms with E-state index in [4.69, 9.17) is 9.47 Å². The van der Waals surface area contributed by atoms with Crippen LogP contribution in [0, 0.1) is 0 Å². The second-order valence-corrected chi connectivity index (χ2v) is 6.32. The Hall–Kier alpha value is -1.59. The molecule has 1 spiro atoms. The Morgan fingerprint density at radius 1 is 1.27 bits per heavy atom. The van der Waals surface area contributed by atoms with Crippen LogP contribution in [0.4, 0.5) is 4.79 Å². The summed E-state index contributed by atoms with van der Waals surface area (Å²) in [5.74, 6) is 0. The number of ether oxygens (including phenoxy) is 2. The highest BCUT2D eigenvalue weighted by Crippen LogP contribution is 2.31. The molecule has 0 N–H and O–H groups in total. The van der Waals surface area contributed by atoms with Gasteiger partial charge in [-0.05, 0) is 24.9 Å². The summed E-state index contributed by atoms with van der Waals surface area (Å²) in [6.45, 7) is 4.81. The minimum atomic E-state index is -0.302. The molecule has 0 aromatic heterocycles. The van der Waals surface area contributed by atoms with Crippen molar-refractivity contribution in [3.63, 3.8) is 0 Å². The molecule has 0 saturated carbocycles. The number of carbonyl (C=O) groups is 1. The Morgan fingerprint density at radius 3 is 2.82 bits per heavy atom. The van der Waals surface area contributed by atoms with Crippen molar-refractivity contribution < 1.29 is 14.3 Å². The van der Waals surface area contributed by atoms with Gasteiger partial charge in [-0.3, -0.25) is 4.90 Å². The first kappa shape index (κ1) is 15.3. The summed E-state index contributed by atoms with van der Waals surface area (Å²) in [6, 6.07) is 10.2. The Labute approximate surface area is 131 Å². The third-order valence-electron chi connectivity index (χ3n) is 4.42. The minimum absolute atomic E-state index is 0.192. The van der Waals surface area contributed by atoms with Gasteiger partial charge in [-0.2, -0.15) is 0 Å². The highest BCUT2D eigenvalue weighted by molar-refractivity contribution is 5.70.